The highest BCUT2D eigenvalue weighted by molar-refractivity contribution is 6.16. The van der Waals surface area contributed by atoms with E-state index in [1.807, 2.05) is 18.7 Å². The Morgan fingerprint density at radius 2 is 1.77 bits per heavy atom. The molecule has 2 N–H and O–H groups in total. The highest BCUT2D eigenvalue weighted by Gasteiger charge is 2.28. The molecule has 8 nitrogen and oxygen atoms in total. The number of anilines is 1. The van der Waals surface area contributed by atoms with Crippen LogP contribution in [0.1, 0.15) is 40.1 Å². The van der Waals surface area contributed by atoms with E-state index in [1.54, 1.807) is 6.07 Å². The molecule has 0 saturated heterocycles. The first-order valence-corrected chi connectivity index (χ1v) is 7.95. The Balaban J connectivity index is 2.55. The molecule has 0 heterocycles. The van der Waals surface area contributed by atoms with Crippen LogP contribution in [0.15, 0.2) is 36.4 Å². The molecule has 0 bridgehead atoms. The summed E-state index contributed by atoms with van der Waals surface area (Å²) in [6, 6.07) is 7.88. The molecule has 2 aromatic rings. The van der Waals surface area contributed by atoms with Crippen LogP contribution in [0.25, 0.3) is 0 Å². The van der Waals surface area contributed by atoms with E-state index in [0.29, 0.717) is 18.8 Å². The predicted octanol–water partition coefficient (Wildman–Crippen LogP) is 3.08. The van der Waals surface area contributed by atoms with Crippen molar-refractivity contribution in [3.63, 3.8) is 0 Å². The summed E-state index contributed by atoms with van der Waals surface area (Å²) in [5.41, 5.74) is -1.14. The maximum Gasteiger partial charge on any atom is 0.343 e. The zero-order chi connectivity index (χ0) is 19.4. The number of phenolic OH excluding ortho intramolecular Hbond substituents is 1. The topological polar surface area (TPSA) is 121 Å². The predicted molar refractivity (Wildman–Crippen MR) is 95.2 cm³/mol. The summed E-state index contributed by atoms with van der Waals surface area (Å²) in [5, 5.41) is 30.6. The quantitative estimate of drug-likeness (QED) is 0.443. The van der Waals surface area contributed by atoms with Crippen LogP contribution in [0, 0.1) is 10.1 Å². The van der Waals surface area contributed by atoms with E-state index in [4.69, 9.17) is 0 Å². The second kappa shape index (κ2) is 7.64. The number of nitrogens with zero attached hydrogens (tertiary/aromatic N) is 2. The lowest BCUT2D eigenvalue weighted by Gasteiger charge is -2.21. The molecule has 0 atom stereocenters. The number of hydrogen-bond donors (Lipinski definition) is 2. The number of carbonyl (C=O) groups is 2. The molecule has 0 fully saturated rings. The van der Waals surface area contributed by atoms with Gasteiger partial charge < -0.3 is 15.1 Å². The van der Waals surface area contributed by atoms with E-state index in [-0.39, 0.29) is 16.9 Å². The number of aromatic carboxylic acids is 1. The number of benzene rings is 2. The monoisotopic (exact) mass is 358 g/mol. The molecular weight excluding hydrogens is 340 g/mol. The number of aromatic hydroxyl groups is 1. The Labute approximate surface area is 149 Å². The van der Waals surface area contributed by atoms with Gasteiger partial charge in [-0.25, -0.2) is 4.79 Å². The van der Waals surface area contributed by atoms with Crippen molar-refractivity contribution >= 4 is 23.1 Å². The molecule has 136 valence electrons. The molecule has 0 spiro atoms. The fourth-order valence-corrected chi connectivity index (χ4v) is 2.75. The van der Waals surface area contributed by atoms with Gasteiger partial charge in [0.15, 0.2) is 5.78 Å². The van der Waals surface area contributed by atoms with Crippen molar-refractivity contribution in [2.45, 2.75) is 13.8 Å². The number of carbonyl (C=O) groups excluding carboxylic acids is 1. The summed E-state index contributed by atoms with van der Waals surface area (Å²) in [5.74, 6) is -2.70. The molecule has 2 aromatic carbocycles. The van der Waals surface area contributed by atoms with Gasteiger partial charge in [-0.1, -0.05) is 6.07 Å². The van der Waals surface area contributed by atoms with Gasteiger partial charge in [0, 0.05) is 36.5 Å². The maximum absolute atomic E-state index is 12.7. The standard InChI is InChI=1S/C18H18N2O6/c1-3-19(4-2)11-8-9-12(15(21)10-11)17(22)13-6-5-7-14(20(25)26)16(13)18(23)24/h5-10,21H,3-4H2,1-2H3,(H,23,24). The van der Waals surface area contributed by atoms with Gasteiger partial charge in [0.05, 0.1) is 10.5 Å². The minimum absolute atomic E-state index is 0.121. The summed E-state index contributed by atoms with van der Waals surface area (Å²) in [7, 11) is 0. The highest BCUT2D eigenvalue weighted by atomic mass is 16.6. The lowest BCUT2D eigenvalue weighted by atomic mass is 9.96. The summed E-state index contributed by atoms with van der Waals surface area (Å²) in [6.45, 7) is 5.30. The van der Waals surface area contributed by atoms with Crippen LogP contribution < -0.4 is 4.90 Å². The van der Waals surface area contributed by atoms with Crippen LogP contribution in [0.2, 0.25) is 0 Å². The van der Waals surface area contributed by atoms with Gasteiger partial charge in [0.2, 0.25) is 0 Å². The normalized spacial score (nSPS) is 10.4. The lowest BCUT2D eigenvalue weighted by molar-refractivity contribution is -0.385. The van der Waals surface area contributed by atoms with Crippen LogP contribution in [0.4, 0.5) is 11.4 Å². The minimum atomic E-state index is -1.58. The maximum atomic E-state index is 12.7. The van der Waals surface area contributed by atoms with Crippen molar-refractivity contribution in [1.29, 1.82) is 0 Å². The first-order chi connectivity index (χ1) is 12.3. The SMILES string of the molecule is CCN(CC)c1ccc(C(=O)c2cccc([N+](=O)[O-])c2C(=O)O)c(O)c1. The van der Waals surface area contributed by atoms with Crippen LogP contribution in [-0.2, 0) is 0 Å². The molecule has 0 aliphatic rings. The third-order valence-corrected chi connectivity index (χ3v) is 4.05. The highest BCUT2D eigenvalue weighted by Crippen LogP contribution is 2.30. The summed E-state index contributed by atoms with van der Waals surface area (Å²) >= 11 is 0. The van der Waals surface area contributed by atoms with Crippen molar-refractivity contribution < 1.29 is 24.7 Å². The lowest BCUT2D eigenvalue weighted by Crippen LogP contribution is -2.21. The molecule has 0 radical (unpaired) electrons. The first-order valence-electron chi connectivity index (χ1n) is 7.95. The third-order valence-electron chi connectivity index (χ3n) is 4.05. The Morgan fingerprint density at radius 1 is 1.12 bits per heavy atom. The van der Waals surface area contributed by atoms with Crippen LogP contribution in [-0.4, -0.2) is 40.0 Å². The Bertz CT molecular complexity index is 874. The molecule has 0 aliphatic heterocycles. The summed E-state index contributed by atoms with van der Waals surface area (Å²) in [4.78, 5) is 36.4. The van der Waals surface area contributed by atoms with Crippen molar-refractivity contribution in [2.75, 3.05) is 18.0 Å². The molecule has 26 heavy (non-hydrogen) atoms. The molecule has 0 aliphatic carbocycles. The number of carboxylic acid groups (broad SMARTS) is 1. The van der Waals surface area contributed by atoms with E-state index in [9.17, 15) is 29.9 Å². The Morgan fingerprint density at radius 3 is 2.27 bits per heavy atom. The fourth-order valence-electron chi connectivity index (χ4n) is 2.75. The molecule has 2 rings (SSSR count). The number of phenols is 1. The zero-order valence-corrected chi connectivity index (χ0v) is 14.3. The van der Waals surface area contributed by atoms with Crippen molar-refractivity contribution in [2.24, 2.45) is 0 Å². The molecule has 0 unspecified atom stereocenters. The molecule has 0 saturated carbocycles. The van der Waals surface area contributed by atoms with Gasteiger partial charge in [0.1, 0.15) is 11.3 Å². The van der Waals surface area contributed by atoms with Crippen molar-refractivity contribution in [3.05, 3.63) is 63.2 Å². The number of ketones is 1. The number of rotatable bonds is 7. The van der Waals surface area contributed by atoms with E-state index in [0.717, 1.165) is 6.07 Å². The number of nitro benzene ring substituents is 1. The van der Waals surface area contributed by atoms with E-state index in [2.05, 4.69) is 0 Å². The smallest absolute Gasteiger partial charge is 0.343 e. The van der Waals surface area contributed by atoms with E-state index < -0.39 is 27.9 Å². The second-order valence-electron chi connectivity index (χ2n) is 5.46. The van der Waals surface area contributed by atoms with Crippen LogP contribution >= 0.6 is 0 Å². The van der Waals surface area contributed by atoms with Gasteiger partial charge in [-0.3, -0.25) is 14.9 Å². The van der Waals surface area contributed by atoms with Gasteiger partial charge in [0.25, 0.3) is 5.69 Å². The van der Waals surface area contributed by atoms with Gasteiger partial charge in [-0.15, -0.1) is 0 Å². The molecular formula is C18H18N2O6. The number of hydrogen-bond acceptors (Lipinski definition) is 6. The van der Waals surface area contributed by atoms with Crippen molar-refractivity contribution in [1.82, 2.24) is 0 Å². The van der Waals surface area contributed by atoms with Crippen LogP contribution in [0.5, 0.6) is 5.75 Å². The first kappa shape index (κ1) is 18.9. The minimum Gasteiger partial charge on any atom is -0.507 e. The second-order valence-corrected chi connectivity index (χ2v) is 5.46. The molecule has 8 heteroatoms. The Hall–Kier alpha value is -3.42. The van der Waals surface area contributed by atoms with Crippen molar-refractivity contribution in [3.8, 4) is 5.75 Å². The van der Waals surface area contributed by atoms with E-state index in [1.165, 1.54) is 24.3 Å². The largest absolute Gasteiger partial charge is 0.507 e. The van der Waals surface area contributed by atoms with Gasteiger partial charge >= 0.3 is 5.97 Å². The van der Waals surface area contributed by atoms with Gasteiger partial charge in [-0.05, 0) is 32.0 Å². The number of carboxylic acids is 1. The number of nitro groups is 1. The summed E-state index contributed by atoms with van der Waals surface area (Å²) < 4.78 is 0. The molecule has 0 amide bonds. The summed E-state index contributed by atoms with van der Waals surface area (Å²) in [6.07, 6.45) is 0. The molecule has 0 aromatic heterocycles. The average Bonchev–Trinajstić information content (AvgIpc) is 2.61. The average molecular weight is 358 g/mol. The third kappa shape index (κ3) is 3.49. The zero-order valence-electron chi connectivity index (χ0n) is 14.3. The Kier molecular flexibility index (Phi) is 5.56. The van der Waals surface area contributed by atoms with Crippen LogP contribution in [0.3, 0.4) is 0 Å². The van der Waals surface area contributed by atoms with Gasteiger partial charge in [-0.2, -0.15) is 0 Å². The fraction of sp³-hybridized carbons (Fsp3) is 0.222. The van der Waals surface area contributed by atoms with E-state index >= 15 is 0 Å².